The molecule has 0 aromatic carbocycles. The van der Waals surface area contributed by atoms with Gasteiger partial charge in [0, 0.05) is 18.8 Å². The zero-order valence-electron chi connectivity index (χ0n) is 10.7. The Morgan fingerprint density at radius 1 is 1.44 bits per heavy atom. The summed E-state index contributed by atoms with van der Waals surface area (Å²) >= 11 is 0. The van der Waals surface area contributed by atoms with Crippen molar-refractivity contribution in [2.75, 3.05) is 0 Å². The van der Waals surface area contributed by atoms with Gasteiger partial charge in [-0.25, -0.2) is 0 Å². The first-order chi connectivity index (χ1) is 7.29. The highest BCUT2D eigenvalue weighted by atomic mass is 16.5. The Hall–Kier alpha value is -1.31. The molecular formula is C14H22O2. The Labute approximate surface area is 98.7 Å². The van der Waals surface area contributed by atoms with E-state index in [1.165, 1.54) is 6.92 Å². The highest BCUT2D eigenvalue weighted by Gasteiger charge is 2.28. The summed E-state index contributed by atoms with van der Waals surface area (Å²) in [6, 6.07) is 0. The van der Waals surface area contributed by atoms with Crippen molar-refractivity contribution in [3.8, 4) is 0 Å². The maximum atomic E-state index is 11.0. The predicted octanol–water partition coefficient (Wildman–Crippen LogP) is 3.65. The fourth-order valence-corrected chi connectivity index (χ4v) is 1.32. The molecule has 0 aromatic heterocycles. The van der Waals surface area contributed by atoms with Crippen molar-refractivity contribution < 1.29 is 9.53 Å². The fraction of sp³-hybridized carbons (Fsp3) is 0.500. The zero-order valence-corrected chi connectivity index (χ0v) is 10.7. The van der Waals surface area contributed by atoms with E-state index < -0.39 is 0 Å². The number of carbonyl (C=O) groups excluding carboxylic acids is 1. The smallest absolute Gasteiger partial charge is 0.302 e. The molecule has 0 saturated heterocycles. The summed E-state index contributed by atoms with van der Waals surface area (Å²) < 4.78 is 5.30. The molecule has 90 valence electrons. The molecule has 0 rings (SSSR count). The molecule has 0 heterocycles. The Morgan fingerprint density at radius 3 is 2.38 bits per heavy atom. The second-order valence-corrected chi connectivity index (χ2v) is 4.62. The minimum atomic E-state index is -0.261. The van der Waals surface area contributed by atoms with Crippen LogP contribution in [-0.4, -0.2) is 12.1 Å². The fourth-order valence-electron chi connectivity index (χ4n) is 1.32. The molecule has 2 heteroatoms. The summed E-state index contributed by atoms with van der Waals surface area (Å²) in [4.78, 5) is 11.0. The molecule has 2 nitrogen and oxygen atoms in total. The second-order valence-electron chi connectivity index (χ2n) is 4.62. The van der Waals surface area contributed by atoms with Gasteiger partial charge in [0.1, 0.15) is 6.10 Å². The minimum absolute atomic E-state index is 0.182. The van der Waals surface area contributed by atoms with E-state index in [0.29, 0.717) is 6.42 Å². The quantitative estimate of drug-likeness (QED) is 0.389. The molecule has 0 bridgehead atoms. The SMILES string of the molecule is C=CCC(OC(C)=O)C(C)(C)/C=C/C(=C)C. The molecule has 0 saturated carbocycles. The third-order valence-corrected chi connectivity index (χ3v) is 2.32. The zero-order chi connectivity index (χ0) is 12.8. The Bertz CT molecular complexity index is 298. The van der Waals surface area contributed by atoms with Crippen molar-refractivity contribution in [1.29, 1.82) is 0 Å². The number of esters is 1. The second kappa shape index (κ2) is 6.31. The first kappa shape index (κ1) is 14.7. The van der Waals surface area contributed by atoms with E-state index in [2.05, 4.69) is 13.2 Å². The molecule has 0 radical (unpaired) electrons. The molecule has 0 fully saturated rings. The molecule has 1 atom stereocenters. The van der Waals surface area contributed by atoms with Crippen LogP contribution in [0.4, 0.5) is 0 Å². The number of rotatable bonds is 6. The maximum absolute atomic E-state index is 11.0. The number of hydrogen-bond donors (Lipinski definition) is 0. The topological polar surface area (TPSA) is 26.3 Å². The monoisotopic (exact) mass is 222 g/mol. The van der Waals surface area contributed by atoms with Crippen LogP contribution in [0.3, 0.4) is 0 Å². The van der Waals surface area contributed by atoms with Gasteiger partial charge >= 0.3 is 5.97 Å². The molecule has 1 unspecified atom stereocenters. The summed E-state index contributed by atoms with van der Waals surface area (Å²) in [5.41, 5.74) is 0.756. The molecule has 0 N–H and O–H groups in total. The Kier molecular flexibility index (Phi) is 5.79. The average molecular weight is 222 g/mol. The van der Waals surface area contributed by atoms with Crippen LogP contribution in [0, 0.1) is 5.41 Å². The van der Waals surface area contributed by atoms with E-state index in [-0.39, 0.29) is 17.5 Å². The highest BCUT2D eigenvalue weighted by Crippen LogP contribution is 2.28. The van der Waals surface area contributed by atoms with Gasteiger partial charge in [-0.2, -0.15) is 0 Å². The lowest BCUT2D eigenvalue weighted by Gasteiger charge is -2.30. The number of hydrogen-bond acceptors (Lipinski definition) is 2. The molecule has 16 heavy (non-hydrogen) atoms. The Balaban J connectivity index is 4.79. The standard InChI is InChI=1S/C14H22O2/c1-7-8-13(16-12(4)15)14(5,6)10-9-11(2)3/h7,9-10,13H,1-2,8H2,3-6H3/b10-9+. The summed E-state index contributed by atoms with van der Waals surface area (Å²) in [5, 5.41) is 0. The van der Waals surface area contributed by atoms with Gasteiger partial charge in [0.05, 0.1) is 0 Å². The minimum Gasteiger partial charge on any atom is -0.461 e. The van der Waals surface area contributed by atoms with Gasteiger partial charge in [-0.1, -0.05) is 44.2 Å². The molecule has 0 aliphatic rings. The van der Waals surface area contributed by atoms with Crippen LogP contribution in [0.5, 0.6) is 0 Å². The largest absolute Gasteiger partial charge is 0.461 e. The molecule has 0 aromatic rings. The number of ether oxygens (including phenoxy) is 1. The predicted molar refractivity (Wildman–Crippen MR) is 68.1 cm³/mol. The van der Waals surface area contributed by atoms with Crippen LogP contribution in [0.1, 0.15) is 34.1 Å². The van der Waals surface area contributed by atoms with Crippen molar-refractivity contribution >= 4 is 5.97 Å². The van der Waals surface area contributed by atoms with E-state index in [0.717, 1.165) is 5.57 Å². The van der Waals surface area contributed by atoms with Gasteiger partial charge in [-0.05, 0) is 6.92 Å². The van der Waals surface area contributed by atoms with Crippen molar-refractivity contribution in [1.82, 2.24) is 0 Å². The summed E-state index contributed by atoms with van der Waals surface area (Å²) in [7, 11) is 0. The van der Waals surface area contributed by atoms with Crippen LogP contribution in [-0.2, 0) is 9.53 Å². The van der Waals surface area contributed by atoms with E-state index in [4.69, 9.17) is 4.74 Å². The van der Waals surface area contributed by atoms with Gasteiger partial charge in [-0.15, -0.1) is 6.58 Å². The molecule has 0 spiro atoms. The molecule has 0 amide bonds. The van der Waals surface area contributed by atoms with Crippen molar-refractivity contribution in [3.63, 3.8) is 0 Å². The van der Waals surface area contributed by atoms with Gasteiger partial charge in [0.15, 0.2) is 0 Å². The third kappa shape index (κ3) is 5.54. The van der Waals surface area contributed by atoms with Gasteiger partial charge in [-0.3, -0.25) is 4.79 Å². The lowest BCUT2D eigenvalue weighted by molar-refractivity contribution is -0.150. The van der Waals surface area contributed by atoms with Crippen molar-refractivity contribution in [2.45, 2.75) is 40.2 Å². The average Bonchev–Trinajstić information content (AvgIpc) is 2.14. The van der Waals surface area contributed by atoms with E-state index in [9.17, 15) is 4.79 Å². The lowest BCUT2D eigenvalue weighted by atomic mass is 9.84. The van der Waals surface area contributed by atoms with E-state index in [1.54, 1.807) is 6.08 Å². The maximum Gasteiger partial charge on any atom is 0.302 e. The normalized spacial score (nSPS) is 13.5. The van der Waals surface area contributed by atoms with Crippen LogP contribution in [0.25, 0.3) is 0 Å². The van der Waals surface area contributed by atoms with Gasteiger partial charge in [0.25, 0.3) is 0 Å². The van der Waals surface area contributed by atoms with Crippen molar-refractivity contribution in [2.24, 2.45) is 5.41 Å². The molecular weight excluding hydrogens is 200 g/mol. The number of allylic oxidation sites excluding steroid dienone is 2. The van der Waals surface area contributed by atoms with Gasteiger partial charge in [0.2, 0.25) is 0 Å². The van der Waals surface area contributed by atoms with E-state index in [1.807, 2.05) is 32.9 Å². The molecule has 0 aliphatic carbocycles. The summed E-state index contributed by atoms with van der Waals surface area (Å²) in [6.45, 7) is 14.9. The first-order valence-electron chi connectivity index (χ1n) is 5.42. The van der Waals surface area contributed by atoms with Crippen LogP contribution < -0.4 is 0 Å². The lowest BCUT2D eigenvalue weighted by Crippen LogP contribution is -2.31. The third-order valence-electron chi connectivity index (χ3n) is 2.32. The highest BCUT2D eigenvalue weighted by molar-refractivity contribution is 5.66. The van der Waals surface area contributed by atoms with Crippen LogP contribution >= 0.6 is 0 Å². The summed E-state index contributed by atoms with van der Waals surface area (Å²) in [5.74, 6) is -0.261. The first-order valence-corrected chi connectivity index (χ1v) is 5.42. The van der Waals surface area contributed by atoms with E-state index >= 15 is 0 Å². The van der Waals surface area contributed by atoms with Crippen LogP contribution in [0.2, 0.25) is 0 Å². The summed E-state index contributed by atoms with van der Waals surface area (Å²) in [6.07, 6.45) is 6.20. The van der Waals surface area contributed by atoms with Gasteiger partial charge < -0.3 is 4.74 Å². The molecule has 0 aliphatic heterocycles. The van der Waals surface area contributed by atoms with Crippen molar-refractivity contribution in [3.05, 3.63) is 37.0 Å². The van der Waals surface area contributed by atoms with Crippen LogP contribution in [0.15, 0.2) is 37.0 Å². The Morgan fingerprint density at radius 2 is 2.00 bits per heavy atom. The number of carbonyl (C=O) groups is 1.